The lowest BCUT2D eigenvalue weighted by atomic mass is 9.72. The Kier molecular flexibility index (Phi) is 5.13. The molecule has 0 N–H and O–H groups in total. The topological polar surface area (TPSA) is 63.0 Å². The highest BCUT2D eigenvalue weighted by Gasteiger charge is 2.46. The number of rotatable bonds is 4. The number of nitrogens with zero attached hydrogens (tertiary/aromatic N) is 7. The van der Waals surface area contributed by atoms with Crippen LogP contribution in [0.15, 0.2) is 24.4 Å². The number of fused-ring (bicyclic) bond motifs is 1. The Bertz CT molecular complexity index is 1160. The number of pyridine rings is 1. The van der Waals surface area contributed by atoms with Crippen molar-refractivity contribution in [2.45, 2.75) is 38.9 Å². The molecule has 1 spiro atoms. The summed E-state index contributed by atoms with van der Waals surface area (Å²) in [5, 5.41) is 4.71. The summed E-state index contributed by atoms with van der Waals surface area (Å²) in [5.41, 5.74) is -0.467. The van der Waals surface area contributed by atoms with Gasteiger partial charge >= 0.3 is 6.18 Å². The van der Waals surface area contributed by atoms with Crippen LogP contribution >= 0.6 is 0 Å². The first kappa shape index (κ1) is 21.8. The van der Waals surface area contributed by atoms with E-state index in [1.807, 2.05) is 17.0 Å². The molecule has 5 rings (SSSR count). The third-order valence-electron chi connectivity index (χ3n) is 6.42. The first-order valence-electron chi connectivity index (χ1n) is 10.7. The predicted molar refractivity (Wildman–Crippen MR) is 111 cm³/mol. The molecular weight excluding hydrogens is 445 g/mol. The fourth-order valence-corrected chi connectivity index (χ4v) is 4.69. The molecule has 33 heavy (non-hydrogen) atoms. The van der Waals surface area contributed by atoms with E-state index >= 15 is 0 Å². The monoisotopic (exact) mass is 467 g/mol. The lowest BCUT2D eigenvalue weighted by molar-refractivity contribution is -0.141. The van der Waals surface area contributed by atoms with Crippen molar-refractivity contribution in [3.8, 4) is 0 Å². The highest BCUT2D eigenvalue weighted by molar-refractivity contribution is 5.76. The maximum Gasteiger partial charge on any atom is 0.433 e. The first-order chi connectivity index (χ1) is 15.6. The van der Waals surface area contributed by atoms with Crippen LogP contribution in [0.1, 0.15) is 24.4 Å². The van der Waals surface area contributed by atoms with Crippen LogP contribution in [-0.4, -0.2) is 57.3 Å². The summed E-state index contributed by atoms with van der Waals surface area (Å²) in [6, 6.07) is 4.71. The number of halogens is 5. The molecule has 2 aliphatic heterocycles. The van der Waals surface area contributed by atoms with Gasteiger partial charge in [0.15, 0.2) is 5.65 Å². The maximum absolute atomic E-state index is 13.1. The fraction of sp³-hybridized carbons (Fsp3) is 0.524. The SMILES string of the molecule is Cc1nc(N2CC3(CCN(c4ccc5cnn(CC(F)F)c5n4)CC3)C2)cc(C(F)(F)F)n1. The Hall–Kier alpha value is -3.05. The number of anilines is 2. The van der Waals surface area contributed by atoms with Gasteiger partial charge < -0.3 is 9.80 Å². The normalized spacial score (nSPS) is 18.4. The number of alkyl halides is 5. The van der Waals surface area contributed by atoms with Gasteiger partial charge in [0.25, 0.3) is 6.43 Å². The summed E-state index contributed by atoms with van der Waals surface area (Å²) in [5.74, 6) is 1.12. The number of aromatic nitrogens is 5. The average molecular weight is 467 g/mol. The molecule has 3 aromatic heterocycles. The molecule has 5 heterocycles. The zero-order valence-corrected chi connectivity index (χ0v) is 17.9. The molecule has 2 saturated heterocycles. The van der Waals surface area contributed by atoms with Gasteiger partial charge in [0, 0.05) is 43.0 Å². The van der Waals surface area contributed by atoms with E-state index in [2.05, 4.69) is 25.0 Å². The van der Waals surface area contributed by atoms with E-state index < -0.39 is 24.8 Å². The third-order valence-corrected chi connectivity index (χ3v) is 6.42. The largest absolute Gasteiger partial charge is 0.433 e. The van der Waals surface area contributed by atoms with E-state index in [0.29, 0.717) is 35.8 Å². The van der Waals surface area contributed by atoms with Crippen molar-refractivity contribution >= 4 is 22.7 Å². The van der Waals surface area contributed by atoms with E-state index in [4.69, 9.17) is 0 Å². The number of hydrogen-bond donors (Lipinski definition) is 0. The van der Waals surface area contributed by atoms with Crippen LogP contribution in [-0.2, 0) is 12.7 Å². The van der Waals surface area contributed by atoms with Crippen LogP contribution < -0.4 is 9.80 Å². The minimum Gasteiger partial charge on any atom is -0.357 e. The number of piperidine rings is 1. The molecule has 0 aromatic carbocycles. The van der Waals surface area contributed by atoms with Gasteiger partial charge in [-0.3, -0.25) is 0 Å². The van der Waals surface area contributed by atoms with Crippen LogP contribution in [0.25, 0.3) is 11.0 Å². The molecule has 12 heteroatoms. The van der Waals surface area contributed by atoms with Crippen LogP contribution in [0, 0.1) is 12.3 Å². The van der Waals surface area contributed by atoms with E-state index in [0.717, 1.165) is 32.0 Å². The maximum atomic E-state index is 13.1. The summed E-state index contributed by atoms with van der Waals surface area (Å²) in [6.45, 7) is 3.70. The zero-order chi connectivity index (χ0) is 23.4. The molecule has 0 saturated carbocycles. The minimum absolute atomic E-state index is 0.0231. The van der Waals surface area contributed by atoms with Crippen molar-refractivity contribution in [2.24, 2.45) is 5.41 Å². The van der Waals surface area contributed by atoms with Crippen LogP contribution in [0.5, 0.6) is 0 Å². The molecule has 7 nitrogen and oxygen atoms in total. The Balaban J connectivity index is 1.25. The second kappa shape index (κ2) is 7.77. The van der Waals surface area contributed by atoms with Crippen molar-refractivity contribution < 1.29 is 22.0 Å². The highest BCUT2D eigenvalue weighted by atomic mass is 19.4. The molecule has 2 aliphatic rings. The summed E-state index contributed by atoms with van der Waals surface area (Å²) in [7, 11) is 0. The van der Waals surface area contributed by atoms with E-state index in [-0.39, 0.29) is 11.2 Å². The minimum atomic E-state index is -4.50. The Morgan fingerprint density at radius 3 is 2.39 bits per heavy atom. The molecule has 0 atom stereocenters. The number of hydrogen-bond acceptors (Lipinski definition) is 6. The average Bonchev–Trinajstić information content (AvgIpc) is 3.12. The Morgan fingerprint density at radius 1 is 1.00 bits per heavy atom. The predicted octanol–water partition coefficient (Wildman–Crippen LogP) is 3.92. The smallest absolute Gasteiger partial charge is 0.357 e. The lowest BCUT2D eigenvalue weighted by Gasteiger charge is -2.54. The van der Waals surface area contributed by atoms with Gasteiger partial charge in [0.05, 0.1) is 6.20 Å². The summed E-state index contributed by atoms with van der Waals surface area (Å²) in [6.07, 6.45) is -3.77. The molecule has 0 aliphatic carbocycles. The zero-order valence-electron chi connectivity index (χ0n) is 17.9. The van der Waals surface area contributed by atoms with Crippen molar-refractivity contribution in [1.82, 2.24) is 24.7 Å². The quantitative estimate of drug-likeness (QED) is 0.542. The van der Waals surface area contributed by atoms with Gasteiger partial charge in [-0.15, -0.1) is 0 Å². The molecule has 0 bridgehead atoms. The molecule has 0 unspecified atom stereocenters. The first-order valence-corrected chi connectivity index (χ1v) is 10.7. The van der Waals surface area contributed by atoms with Gasteiger partial charge in [-0.05, 0) is 31.9 Å². The van der Waals surface area contributed by atoms with Crippen molar-refractivity contribution in [2.75, 3.05) is 36.0 Å². The molecule has 0 radical (unpaired) electrons. The lowest BCUT2D eigenvalue weighted by Crippen LogP contribution is -2.61. The Morgan fingerprint density at radius 2 is 1.73 bits per heavy atom. The molecule has 0 amide bonds. The van der Waals surface area contributed by atoms with E-state index in [1.54, 1.807) is 0 Å². The van der Waals surface area contributed by atoms with Crippen LogP contribution in [0.2, 0.25) is 0 Å². The molecule has 2 fully saturated rings. The second-order valence-corrected chi connectivity index (χ2v) is 8.80. The molecule has 3 aromatic rings. The van der Waals surface area contributed by atoms with E-state index in [1.165, 1.54) is 17.8 Å². The standard InChI is InChI=1S/C21H22F5N7/c1-13-28-15(21(24,25)26)8-18(29-13)32-11-20(12-32)4-6-31(7-5-20)17-3-2-14-9-27-33(10-16(22)23)19(14)30-17/h2-3,8-9,16H,4-7,10-12H2,1H3. The van der Waals surface area contributed by atoms with Crippen molar-refractivity contribution in [3.05, 3.63) is 35.9 Å². The van der Waals surface area contributed by atoms with Crippen molar-refractivity contribution in [3.63, 3.8) is 0 Å². The van der Waals surface area contributed by atoms with Crippen molar-refractivity contribution in [1.29, 1.82) is 0 Å². The highest BCUT2D eigenvalue weighted by Crippen LogP contribution is 2.43. The summed E-state index contributed by atoms with van der Waals surface area (Å²) in [4.78, 5) is 16.3. The summed E-state index contributed by atoms with van der Waals surface area (Å²) >= 11 is 0. The van der Waals surface area contributed by atoms with Gasteiger partial charge in [-0.1, -0.05) is 0 Å². The fourth-order valence-electron chi connectivity index (χ4n) is 4.69. The van der Waals surface area contributed by atoms with Crippen LogP contribution in [0.4, 0.5) is 33.6 Å². The third kappa shape index (κ3) is 4.18. The second-order valence-electron chi connectivity index (χ2n) is 8.80. The van der Waals surface area contributed by atoms with Crippen LogP contribution in [0.3, 0.4) is 0 Å². The van der Waals surface area contributed by atoms with Gasteiger partial charge in [-0.25, -0.2) is 28.4 Å². The summed E-state index contributed by atoms with van der Waals surface area (Å²) < 4.78 is 66.1. The van der Waals surface area contributed by atoms with Gasteiger partial charge in [0.1, 0.15) is 29.7 Å². The number of aryl methyl sites for hydroxylation is 1. The molecular formula is C21H22F5N7. The Labute approximate surface area is 186 Å². The van der Waals surface area contributed by atoms with Gasteiger partial charge in [0.2, 0.25) is 0 Å². The molecule has 176 valence electrons. The van der Waals surface area contributed by atoms with E-state index in [9.17, 15) is 22.0 Å². The van der Waals surface area contributed by atoms with Gasteiger partial charge in [-0.2, -0.15) is 18.3 Å².